The highest BCUT2D eigenvalue weighted by Crippen LogP contribution is 2.29. The molecule has 2 aromatic rings. The van der Waals surface area contributed by atoms with Crippen LogP contribution in [0.5, 0.6) is 11.5 Å². The Morgan fingerprint density at radius 3 is 1.91 bits per heavy atom. The van der Waals surface area contributed by atoms with Crippen LogP contribution >= 0.6 is 0 Å². The lowest BCUT2D eigenvalue weighted by Gasteiger charge is -2.36. The van der Waals surface area contributed by atoms with Crippen LogP contribution in [0.25, 0.3) is 0 Å². The van der Waals surface area contributed by atoms with E-state index in [0.717, 1.165) is 12.1 Å². The van der Waals surface area contributed by atoms with Gasteiger partial charge in [0.25, 0.3) is 5.91 Å². The fraction of sp³-hybridized carbons (Fsp3) is 0.438. The minimum Gasteiger partial charge on any atom is -0.505 e. The van der Waals surface area contributed by atoms with Gasteiger partial charge in [0, 0.05) is 80.1 Å². The number of carbonyl (C=O) groups excluding carboxylic acids is 6. The second-order valence-electron chi connectivity index (χ2n) is 11.4. The first-order valence-corrected chi connectivity index (χ1v) is 15.8. The molecule has 2 heterocycles. The number of carboxylic acid groups (broad SMARTS) is 1. The number of nitro benzene ring substituents is 1. The second kappa shape index (κ2) is 21.7. The van der Waals surface area contributed by atoms with Gasteiger partial charge in [-0.05, 0) is 25.1 Å². The van der Waals surface area contributed by atoms with Crippen molar-refractivity contribution in [2.75, 3.05) is 86.3 Å². The van der Waals surface area contributed by atoms with Gasteiger partial charge in [-0.1, -0.05) is 12.1 Å². The zero-order valence-corrected chi connectivity index (χ0v) is 29.9. The number of carbonyl (C=O) groups is 5. The lowest BCUT2D eigenvalue weighted by molar-refractivity contribution is -0.385. The summed E-state index contributed by atoms with van der Waals surface area (Å²) in [5.41, 5.74) is 4.89. The van der Waals surface area contributed by atoms with Crippen LogP contribution in [-0.4, -0.2) is 167 Å². The van der Waals surface area contributed by atoms with Crippen molar-refractivity contribution >= 4 is 47.4 Å². The maximum absolute atomic E-state index is 12.4. The third-order valence-corrected chi connectivity index (χ3v) is 7.36. The van der Waals surface area contributed by atoms with Gasteiger partial charge in [-0.25, -0.2) is 14.4 Å². The van der Waals surface area contributed by atoms with Crippen LogP contribution in [0.15, 0.2) is 36.4 Å². The standard InChI is InChI=1S/C14H20N4O3.C10H19N3O3.C7H5NO5.CO2/c1-16(2)14(21)18-8-6-17(7-9-18)13(20)10-4-3-5-11(15)12(10)19;1-4-16-9(14)8-7-13(6-5-11-8)10(15)12(2)3;9-6-4(7(10)11)2-1-3-5(6)8(12)13;2-1-3/h3-5,19H,6-9,15H2,1-2H3;8,11H,4-7H2,1-3H3;1-3,9H,(H,10,11);. The van der Waals surface area contributed by atoms with Gasteiger partial charge < -0.3 is 55.6 Å². The number of urea groups is 2. The van der Waals surface area contributed by atoms with Gasteiger partial charge in [0.05, 0.1) is 22.8 Å². The van der Waals surface area contributed by atoms with Crippen LogP contribution < -0.4 is 11.1 Å². The highest BCUT2D eigenvalue weighted by molar-refractivity contribution is 5.98. The number of nitrogens with one attached hydrogen (secondary N) is 1. The Morgan fingerprint density at radius 2 is 1.40 bits per heavy atom. The van der Waals surface area contributed by atoms with E-state index in [9.17, 15) is 39.2 Å². The molecule has 6 N–H and O–H groups in total. The molecule has 1 atom stereocenters. The number of para-hydroxylation sites is 2. The fourth-order valence-corrected chi connectivity index (χ4v) is 4.75. The van der Waals surface area contributed by atoms with Gasteiger partial charge in [-0.3, -0.25) is 19.7 Å². The predicted molar refractivity (Wildman–Crippen MR) is 185 cm³/mol. The van der Waals surface area contributed by atoms with Gasteiger partial charge in [-0.15, -0.1) is 0 Å². The molecule has 0 spiro atoms. The monoisotopic (exact) mass is 748 g/mol. The lowest BCUT2D eigenvalue weighted by atomic mass is 10.1. The number of hydrogen-bond donors (Lipinski definition) is 5. The van der Waals surface area contributed by atoms with Crippen molar-refractivity contribution < 1.29 is 58.5 Å². The third-order valence-electron chi connectivity index (χ3n) is 7.36. The first kappa shape index (κ1) is 44.6. The van der Waals surface area contributed by atoms with Gasteiger partial charge in [0.2, 0.25) is 5.75 Å². The van der Waals surface area contributed by atoms with Crippen LogP contribution in [0.4, 0.5) is 21.0 Å². The van der Waals surface area contributed by atoms with E-state index in [1.807, 2.05) is 0 Å². The first-order chi connectivity index (χ1) is 24.9. The molecule has 0 aromatic heterocycles. The van der Waals surface area contributed by atoms with Crippen LogP contribution in [0.3, 0.4) is 0 Å². The number of aromatic hydroxyl groups is 2. The Morgan fingerprint density at radius 1 is 0.887 bits per heavy atom. The summed E-state index contributed by atoms with van der Waals surface area (Å²) in [4.78, 5) is 91.5. The topological polar surface area (TPSA) is 287 Å². The largest absolute Gasteiger partial charge is 0.505 e. The van der Waals surface area contributed by atoms with Crippen molar-refractivity contribution in [2.24, 2.45) is 0 Å². The van der Waals surface area contributed by atoms with E-state index in [1.54, 1.807) is 68.0 Å². The number of nitrogens with two attached hydrogens (primary N) is 1. The van der Waals surface area contributed by atoms with E-state index in [-0.39, 0.29) is 47.1 Å². The van der Waals surface area contributed by atoms with Crippen LogP contribution in [0, 0.1) is 10.1 Å². The number of amides is 5. The Balaban J connectivity index is 0.000000394. The van der Waals surface area contributed by atoms with Crippen LogP contribution in [0.1, 0.15) is 27.6 Å². The molecule has 53 heavy (non-hydrogen) atoms. The van der Waals surface area contributed by atoms with E-state index in [4.69, 9.17) is 30.3 Å². The SMILES string of the molecule is CCOC(=O)C1CN(C(=O)N(C)C)CCN1.CN(C)C(=O)N1CCN(C(=O)c2cccc(N)c2O)CC1.O=C(O)c1cccc([N+](=O)[O-])c1O.O=C=O. The van der Waals surface area contributed by atoms with Crippen molar-refractivity contribution in [3.63, 3.8) is 0 Å². The maximum atomic E-state index is 12.4. The molecule has 2 aromatic carbocycles. The van der Waals surface area contributed by atoms with Crippen LogP contribution in [0.2, 0.25) is 0 Å². The summed E-state index contributed by atoms with van der Waals surface area (Å²) in [6, 6.07) is 7.50. The number of hydrogen-bond acceptors (Lipinski definition) is 14. The van der Waals surface area contributed by atoms with Gasteiger partial charge in [0.1, 0.15) is 11.6 Å². The molecule has 2 saturated heterocycles. The highest BCUT2D eigenvalue weighted by Gasteiger charge is 2.30. The van der Waals surface area contributed by atoms with Crippen molar-refractivity contribution in [3.8, 4) is 11.5 Å². The van der Waals surface area contributed by atoms with Crippen LogP contribution in [-0.2, 0) is 19.1 Å². The third kappa shape index (κ3) is 13.3. The smallest absolute Gasteiger partial charge is 0.373 e. The second-order valence-corrected chi connectivity index (χ2v) is 11.4. The predicted octanol–water partition coefficient (Wildman–Crippen LogP) is 0.334. The molecular weight excluding hydrogens is 704 g/mol. The van der Waals surface area contributed by atoms with Gasteiger partial charge in [-0.2, -0.15) is 9.59 Å². The number of nitrogens with zero attached hydrogens (tertiary/aromatic N) is 6. The minimum atomic E-state index is -1.40. The molecule has 0 saturated carbocycles. The number of nitro groups is 1. The number of esters is 1. The van der Waals surface area contributed by atoms with Crippen molar-refractivity contribution in [2.45, 2.75) is 13.0 Å². The minimum absolute atomic E-state index is 0.0612. The number of rotatable bonds is 5. The number of piperazine rings is 2. The summed E-state index contributed by atoms with van der Waals surface area (Å²) in [7, 11) is 6.79. The number of anilines is 1. The van der Waals surface area contributed by atoms with E-state index in [1.165, 1.54) is 15.9 Å². The van der Waals surface area contributed by atoms with E-state index < -0.39 is 33.9 Å². The Kier molecular flexibility index (Phi) is 18.2. The molecule has 4 rings (SSSR count). The molecule has 1 unspecified atom stereocenters. The molecule has 21 nitrogen and oxygen atoms in total. The summed E-state index contributed by atoms with van der Waals surface area (Å²) < 4.78 is 4.92. The summed E-state index contributed by atoms with van der Waals surface area (Å²) in [5, 5.41) is 40.8. The van der Waals surface area contributed by atoms with Gasteiger partial charge in [0.15, 0.2) is 5.75 Å². The summed E-state index contributed by atoms with van der Waals surface area (Å²) >= 11 is 0. The molecule has 5 amide bonds. The summed E-state index contributed by atoms with van der Waals surface area (Å²) in [6.45, 7) is 5.56. The van der Waals surface area contributed by atoms with Crippen molar-refractivity contribution in [1.29, 1.82) is 0 Å². The molecule has 0 bridgehead atoms. The Labute approximate surface area is 304 Å². The lowest BCUT2D eigenvalue weighted by Crippen LogP contribution is -2.57. The molecule has 0 aliphatic carbocycles. The normalized spacial score (nSPS) is 14.6. The molecule has 2 fully saturated rings. The number of ether oxygens (including phenoxy) is 1. The quantitative estimate of drug-likeness (QED) is 0.0906. The molecule has 290 valence electrons. The van der Waals surface area contributed by atoms with Crippen molar-refractivity contribution in [1.82, 2.24) is 29.8 Å². The number of aromatic carboxylic acids is 1. The number of nitrogen functional groups attached to an aromatic ring is 1. The molecule has 0 radical (unpaired) electrons. The Bertz CT molecular complexity index is 1610. The number of carboxylic acids is 1. The number of phenols is 2. The molecular formula is C32H44N8O13. The molecule has 2 aliphatic rings. The van der Waals surface area contributed by atoms with Crippen molar-refractivity contribution in [3.05, 3.63) is 57.6 Å². The van der Waals surface area contributed by atoms with E-state index in [2.05, 4.69) is 5.32 Å². The average Bonchev–Trinajstić information content (AvgIpc) is 3.12. The summed E-state index contributed by atoms with van der Waals surface area (Å²) in [6.07, 6.45) is 0.250. The number of benzene rings is 2. The number of phenolic OH excluding ortho intramolecular Hbond substituents is 1. The molecule has 21 heteroatoms. The Hall–Kier alpha value is -6.47. The zero-order valence-electron chi connectivity index (χ0n) is 29.9. The van der Waals surface area contributed by atoms with E-state index in [0.29, 0.717) is 52.4 Å². The maximum Gasteiger partial charge on any atom is 0.373 e. The fourth-order valence-electron chi connectivity index (χ4n) is 4.75. The van der Waals surface area contributed by atoms with Gasteiger partial charge >= 0.3 is 35.8 Å². The van der Waals surface area contributed by atoms with E-state index >= 15 is 0 Å². The average molecular weight is 749 g/mol. The highest BCUT2D eigenvalue weighted by atomic mass is 16.6. The zero-order chi connectivity index (χ0) is 40.4. The first-order valence-electron chi connectivity index (χ1n) is 15.8. The summed E-state index contributed by atoms with van der Waals surface area (Å²) in [5.74, 6) is -2.97. The molecule has 2 aliphatic heterocycles.